The van der Waals surface area contributed by atoms with E-state index in [-0.39, 0.29) is 62.2 Å². The molecule has 10 aromatic heterocycles. The summed E-state index contributed by atoms with van der Waals surface area (Å²) in [5, 5.41) is 101. The smallest absolute Gasteiger partial charge is 0.280 e. The normalized spacial score (nSPS) is 30.2. The van der Waals surface area contributed by atoms with Gasteiger partial charge in [-0.15, -0.1) is 0 Å². The fraction of sp³-hybridized carbons (Fsp3) is 0.486. The molecule has 670 valence electrons. The molecular weight excluding hydrogens is 1690 g/mol. The highest BCUT2D eigenvalue weighted by Gasteiger charge is 2.61. The first-order valence-corrected chi connectivity index (χ1v) is 37.5. The number of hydrogen-bond donors (Lipinski definition) is 24. The number of hydrogen-bond acceptors (Lipinski definition) is 38. The lowest BCUT2D eigenvalue weighted by Crippen LogP contribution is -2.54. The number of imidazole rings is 3. The number of nitrogens with zero attached hydrogens (tertiary/aromatic N) is 14. The van der Waals surface area contributed by atoms with Gasteiger partial charge in [-0.1, -0.05) is 71.4 Å². The number of rotatable bonds is 10. The fourth-order valence-electron chi connectivity index (χ4n) is 14.6. The summed E-state index contributed by atoms with van der Waals surface area (Å²) in [6.45, 7) is 2.23. The Morgan fingerprint density at radius 3 is 1.21 bits per heavy atom. The number of halogens is 6. The minimum absolute atomic E-state index is 0.0198. The first-order chi connectivity index (χ1) is 59.0. The van der Waals surface area contributed by atoms with E-state index in [1.807, 2.05) is 0 Å². The molecule has 5 saturated heterocycles. The lowest BCUT2D eigenvalue weighted by molar-refractivity contribution is -0.0757. The average molecular weight is 1780 g/mol. The highest BCUT2D eigenvalue weighted by molar-refractivity contribution is 7.71. The highest BCUT2D eigenvalue weighted by Crippen LogP contribution is 2.45. The van der Waals surface area contributed by atoms with Crippen LogP contribution in [-0.2, 0) is 23.7 Å². The van der Waals surface area contributed by atoms with Crippen LogP contribution < -0.4 is 74.0 Å². The summed E-state index contributed by atoms with van der Waals surface area (Å²) in [4.78, 5) is 81.5. The summed E-state index contributed by atoms with van der Waals surface area (Å²) >= 11 is 5.12. The van der Waals surface area contributed by atoms with E-state index in [1.54, 1.807) is 0 Å². The molecule has 5 aliphatic rings. The van der Waals surface area contributed by atoms with Crippen molar-refractivity contribution in [2.75, 3.05) is 62.0 Å². The van der Waals surface area contributed by atoms with Crippen LogP contribution in [0.25, 0.3) is 55.6 Å². The predicted octanol–water partition coefficient (Wildman–Crippen LogP) is -6.52. The number of aliphatic hydroxyl groups is 10. The molecule has 0 radical (unpaired) electrons. The average Bonchev–Trinajstić information content (AvgIpc) is 1.61. The molecule has 46 nitrogen and oxygen atoms in total. The molecule has 0 spiro atoms. The molecule has 25 atom stereocenters. The molecule has 10 aromatic rings. The molecule has 0 amide bonds. The first kappa shape index (κ1) is 93.8. The Bertz CT molecular complexity index is 5890. The summed E-state index contributed by atoms with van der Waals surface area (Å²) < 4.78 is 112. The van der Waals surface area contributed by atoms with Crippen molar-refractivity contribution in [3.63, 3.8) is 0 Å². The van der Waals surface area contributed by atoms with Crippen molar-refractivity contribution in [2.45, 2.75) is 185 Å². The molecule has 15 heterocycles. The van der Waals surface area contributed by atoms with Crippen molar-refractivity contribution in [3.8, 4) is 59.2 Å². The number of fused-ring (bicyclic) bond motifs is 5. The second kappa shape index (κ2) is 37.1. The van der Waals surface area contributed by atoms with E-state index in [2.05, 4.69) is 124 Å². The number of aromatic amines is 4. The quantitative estimate of drug-likeness (QED) is 0.0344. The summed E-state index contributed by atoms with van der Waals surface area (Å²) in [5.41, 5.74) is 49.9. The van der Waals surface area contributed by atoms with Gasteiger partial charge in [0.2, 0.25) is 23.8 Å². The van der Waals surface area contributed by atoms with Crippen LogP contribution in [0.2, 0.25) is 0 Å². The van der Waals surface area contributed by atoms with Gasteiger partial charge in [0, 0.05) is 12.4 Å². The zero-order chi connectivity index (χ0) is 91.8. The molecule has 5 aliphatic heterocycles. The molecule has 0 saturated carbocycles. The summed E-state index contributed by atoms with van der Waals surface area (Å²) in [5.74, 6) is 21.8. The van der Waals surface area contributed by atoms with Crippen molar-refractivity contribution in [3.05, 3.63) is 85.2 Å². The molecule has 53 heteroatoms. The van der Waals surface area contributed by atoms with Gasteiger partial charge in [-0.05, 0) is 40.7 Å². The number of alkyl halides is 5. The van der Waals surface area contributed by atoms with Gasteiger partial charge in [0.1, 0.15) is 116 Å². The van der Waals surface area contributed by atoms with Gasteiger partial charge in [0.15, 0.2) is 103 Å². The summed E-state index contributed by atoms with van der Waals surface area (Å²) in [6.07, 6.45) is -15.7. The summed E-state index contributed by atoms with van der Waals surface area (Å²) in [7, 11) is 0. The third kappa shape index (κ3) is 17.6. The standard InChI is InChI=1S/C15H17F2N5O4.C15H18FN5O4.C14H17FN6O4.C14H17FN6O3S.C14H17FN6O3/c1-6(23)9-10(24)15(19,3-2-4-16)13(26-9)22-5-7(17)8-11(22)20-14(18)21-12(8)25;1-7(22)9-10(23)15(18,4-2-5-16)13(25-9)21-6-3-8-11(21)19-14(17)20-12(8)24;1-6(22)8-9(23)14(17,3-2-4-15)12(25-8)21-5-18-7-10(21)19-13(16)20-11(7)24;1-6(22)8-9(23)14(17,3-2-4-15)12(24-8)21-5-18-7-10(21)19-13(16)20-11(7)25;1-7(22)9-10(23)14(17,3-2-4-15)12(24-9)21-6-19-8-5-18-13(16)20-11(8)21/h5-6,9-10,13,23-24H,4,19H2,1H3,(H3,18,20,21,25);3,6-7,9-10,13,22-23H,5,18H2,1H3,(H3,17,19,20,24);5-6,8-9,12,22-23H,4,17H2,1H3,(H3,16,19,20,24);5-6,8-9,12,22-23H,4,17H2,1H3,(H3,16,19,20,25);5-7,9-10,12,22-23H,4,17H2,1H3,(H2,16,18,20)/t6-,9-,10+,13-,15?;7-,9-,10+,13-,15?;2*6-,8-,9+,12-,14?;7-,9-,10+,12-,14?/m11111/s1. The first-order valence-electron chi connectivity index (χ1n) is 37.1. The van der Waals surface area contributed by atoms with Crippen LogP contribution in [0.15, 0.2) is 58.0 Å². The topological polar surface area (TPSA) is 764 Å². The van der Waals surface area contributed by atoms with Crippen LogP contribution in [0, 0.1) is 69.7 Å². The SMILES string of the molecule is C[C@@H](O)[C@H]1O[C@@H](n2cc(F)c3c(=O)[nH]c(N)nc32)C(N)(C#CCF)[C@H]1O.C[C@@H](O)[C@H]1O[C@@H](n2ccc3c(=O)[nH]c(N)nc32)C(N)(C#CCF)[C@H]1O.C[C@@H](O)[C@H]1O[C@@H](n2cnc3c(=O)[nH]c(N)nc32)C(N)(C#CCF)[C@H]1O.C[C@@H](O)[C@H]1O[C@@H](n2cnc3c(=S)nc(N)[nH]c32)C(N)(C#CCF)[C@H]1O.C[C@@H](O)[C@H]1O[C@@H](n2cnc3cnc(N)nc32)C(N)(C#CCF)[C@H]1O. The molecule has 34 N–H and O–H groups in total. The van der Waals surface area contributed by atoms with E-state index in [0.717, 1.165) is 10.8 Å². The molecule has 125 heavy (non-hydrogen) atoms. The third-order valence-corrected chi connectivity index (χ3v) is 20.8. The van der Waals surface area contributed by atoms with Crippen LogP contribution in [0.5, 0.6) is 0 Å². The van der Waals surface area contributed by atoms with Crippen LogP contribution in [-0.4, -0.2) is 291 Å². The monoisotopic (exact) mass is 1780 g/mol. The fourth-order valence-corrected chi connectivity index (χ4v) is 14.8. The van der Waals surface area contributed by atoms with Gasteiger partial charge in [-0.25, -0.2) is 51.3 Å². The molecular formula is C72H86F6N28O18S. The second-order valence-corrected chi connectivity index (χ2v) is 29.5. The van der Waals surface area contributed by atoms with E-state index in [4.69, 9.17) is 93.2 Å². The molecule has 15 rings (SSSR count). The van der Waals surface area contributed by atoms with E-state index in [0.29, 0.717) is 22.3 Å². The number of aliphatic hydroxyl groups excluding tert-OH is 10. The van der Waals surface area contributed by atoms with Crippen molar-refractivity contribution in [1.29, 1.82) is 0 Å². The Morgan fingerprint density at radius 2 is 0.784 bits per heavy atom. The number of aromatic nitrogens is 18. The molecule has 0 bridgehead atoms. The minimum Gasteiger partial charge on any atom is -0.391 e. The highest BCUT2D eigenvalue weighted by atomic mass is 32.1. The van der Waals surface area contributed by atoms with Crippen molar-refractivity contribution < 1.29 is 101 Å². The Labute approximate surface area is 703 Å². The largest absolute Gasteiger partial charge is 0.391 e. The Balaban J connectivity index is 0.000000152. The minimum atomic E-state index is -1.90. The van der Waals surface area contributed by atoms with Crippen molar-refractivity contribution >= 4 is 97.5 Å². The van der Waals surface area contributed by atoms with Crippen molar-refractivity contribution in [2.24, 2.45) is 28.7 Å². The Kier molecular flexibility index (Phi) is 27.8. The lowest BCUT2D eigenvalue weighted by atomic mass is 9.90. The van der Waals surface area contributed by atoms with Gasteiger partial charge in [0.25, 0.3) is 16.7 Å². The number of ether oxygens (including phenoxy) is 5. The van der Waals surface area contributed by atoms with E-state index >= 15 is 0 Å². The van der Waals surface area contributed by atoms with E-state index < -0.39 is 212 Å². The Hall–Kier alpha value is -11.9. The predicted molar refractivity (Wildman–Crippen MR) is 430 cm³/mol. The van der Waals surface area contributed by atoms with Gasteiger partial charge < -0.3 is 142 Å². The van der Waals surface area contributed by atoms with Gasteiger partial charge in [0.05, 0.1) is 61.1 Å². The third-order valence-electron chi connectivity index (χ3n) is 20.5. The molecule has 0 aromatic carbocycles. The van der Waals surface area contributed by atoms with Crippen LogP contribution in [0.1, 0.15) is 65.8 Å². The number of H-pyrrole nitrogens is 4. The van der Waals surface area contributed by atoms with Crippen LogP contribution in [0.3, 0.4) is 0 Å². The zero-order valence-electron chi connectivity index (χ0n) is 66.1. The number of nitrogen functional groups attached to an aromatic ring is 5. The maximum atomic E-state index is 14.3. The zero-order valence-corrected chi connectivity index (χ0v) is 66.9. The number of anilines is 5. The van der Waals surface area contributed by atoms with E-state index in [9.17, 15) is 91.8 Å². The maximum absolute atomic E-state index is 14.3. The summed E-state index contributed by atoms with van der Waals surface area (Å²) in [6, 6.07) is 1.48. The molecule has 0 aliphatic carbocycles. The van der Waals surface area contributed by atoms with E-state index in [1.165, 1.54) is 90.3 Å². The number of nitrogens with two attached hydrogens (primary N) is 10. The van der Waals surface area contributed by atoms with Crippen molar-refractivity contribution in [1.82, 2.24) is 87.6 Å². The molecule has 5 unspecified atom stereocenters. The number of nitrogens with one attached hydrogen (secondary N) is 4. The van der Waals surface area contributed by atoms with Crippen LogP contribution >= 0.6 is 12.2 Å². The second-order valence-electron chi connectivity index (χ2n) is 29.1. The maximum Gasteiger partial charge on any atom is 0.280 e. The van der Waals surface area contributed by atoms with Crippen LogP contribution in [0.4, 0.5) is 56.1 Å². The van der Waals surface area contributed by atoms with Gasteiger partial charge >= 0.3 is 0 Å². The Morgan fingerprint density at radius 1 is 0.440 bits per heavy atom. The van der Waals surface area contributed by atoms with Gasteiger partial charge in [-0.2, -0.15) is 19.9 Å². The molecule has 5 fully saturated rings. The lowest BCUT2D eigenvalue weighted by Gasteiger charge is -2.28. The van der Waals surface area contributed by atoms with Gasteiger partial charge in [-0.3, -0.25) is 47.6 Å².